The van der Waals surface area contributed by atoms with Gasteiger partial charge in [0, 0.05) is 29.8 Å². The topological polar surface area (TPSA) is 93.3 Å². The minimum absolute atomic E-state index is 0.0302. The molecule has 3 aromatic rings. The predicted octanol–water partition coefficient (Wildman–Crippen LogP) is 4.15. The number of carbonyl (C=O) groups is 1. The molecule has 0 saturated carbocycles. The van der Waals surface area contributed by atoms with Crippen LogP contribution in [0, 0.1) is 0 Å². The Morgan fingerprint density at radius 1 is 1.22 bits per heavy atom. The number of fused-ring (bicyclic) bond motifs is 3. The van der Waals surface area contributed by atoms with Gasteiger partial charge >= 0.3 is 0 Å². The standard InChI is InChI=1S/C23H27N3O4S2/c1-29-11-12-30-16-8-6-15(7-9-16)24-20(27)10-13-31-14-19-25-22(28)21-17-4-2-3-5-18(17)32-23(21)26-19/h6-9H,2-5,10-14H2,1H3,(H,24,27)(H,25,26,28). The molecular formula is C23H27N3O4S2. The molecule has 2 aromatic heterocycles. The molecule has 0 radical (unpaired) electrons. The van der Waals surface area contributed by atoms with Crippen LogP contribution in [0.5, 0.6) is 5.75 Å². The van der Waals surface area contributed by atoms with E-state index < -0.39 is 0 Å². The van der Waals surface area contributed by atoms with Crippen molar-refractivity contribution in [2.75, 3.05) is 31.4 Å². The van der Waals surface area contributed by atoms with Crippen molar-refractivity contribution < 1.29 is 14.3 Å². The molecule has 170 valence electrons. The zero-order chi connectivity index (χ0) is 22.3. The van der Waals surface area contributed by atoms with Crippen LogP contribution < -0.4 is 15.6 Å². The number of hydrogen-bond acceptors (Lipinski definition) is 7. The number of thiophene rings is 1. The minimum atomic E-state index is -0.0478. The van der Waals surface area contributed by atoms with Gasteiger partial charge in [-0.15, -0.1) is 11.3 Å². The summed E-state index contributed by atoms with van der Waals surface area (Å²) in [5.41, 5.74) is 1.91. The van der Waals surface area contributed by atoms with Gasteiger partial charge in [0.25, 0.3) is 5.56 Å². The van der Waals surface area contributed by atoms with Crippen LogP contribution in [0.4, 0.5) is 5.69 Å². The summed E-state index contributed by atoms with van der Waals surface area (Å²) in [6, 6.07) is 7.27. The number of benzene rings is 1. The highest BCUT2D eigenvalue weighted by Crippen LogP contribution is 2.33. The molecule has 2 N–H and O–H groups in total. The van der Waals surface area contributed by atoms with Crippen molar-refractivity contribution in [1.82, 2.24) is 9.97 Å². The molecule has 1 aliphatic rings. The second kappa shape index (κ2) is 11.0. The summed E-state index contributed by atoms with van der Waals surface area (Å²) in [4.78, 5) is 34.6. The number of carbonyl (C=O) groups excluding carboxylic acids is 1. The third-order valence-electron chi connectivity index (χ3n) is 5.28. The van der Waals surface area contributed by atoms with Crippen molar-refractivity contribution in [2.45, 2.75) is 37.9 Å². The SMILES string of the molecule is COCCOc1ccc(NC(=O)CCSCc2nc3sc4c(c3c(=O)[nH]2)CCCC4)cc1. The number of thioether (sulfide) groups is 1. The molecular weight excluding hydrogens is 446 g/mol. The number of aromatic amines is 1. The molecule has 1 amide bonds. The highest BCUT2D eigenvalue weighted by atomic mass is 32.2. The van der Waals surface area contributed by atoms with Crippen molar-refractivity contribution in [3.05, 3.63) is 50.9 Å². The average Bonchev–Trinajstić information content (AvgIpc) is 3.17. The predicted molar refractivity (Wildman–Crippen MR) is 130 cm³/mol. The summed E-state index contributed by atoms with van der Waals surface area (Å²) < 4.78 is 10.5. The maximum absolute atomic E-state index is 12.6. The summed E-state index contributed by atoms with van der Waals surface area (Å²) in [5.74, 6) is 2.59. The number of aryl methyl sites for hydroxylation is 2. The fraction of sp³-hybridized carbons (Fsp3) is 0.435. The normalized spacial score (nSPS) is 13.2. The smallest absolute Gasteiger partial charge is 0.259 e. The molecule has 0 bridgehead atoms. The zero-order valence-corrected chi connectivity index (χ0v) is 19.7. The van der Waals surface area contributed by atoms with Crippen LogP contribution in [0.3, 0.4) is 0 Å². The number of ether oxygens (including phenoxy) is 2. The highest BCUT2D eigenvalue weighted by molar-refractivity contribution is 7.98. The molecule has 1 aliphatic carbocycles. The van der Waals surface area contributed by atoms with Gasteiger partial charge in [-0.05, 0) is 55.5 Å². The largest absolute Gasteiger partial charge is 0.491 e. The Morgan fingerprint density at radius 2 is 2.03 bits per heavy atom. The Bertz CT molecular complexity index is 1120. The van der Waals surface area contributed by atoms with Gasteiger partial charge in [-0.25, -0.2) is 4.98 Å². The number of nitrogens with zero attached hydrogens (tertiary/aromatic N) is 1. The van der Waals surface area contributed by atoms with Crippen LogP contribution in [-0.2, 0) is 28.1 Å². The summed E-state index contributed by atoms with van der Waals surface area (Å²) >= 11 is 3.25. The van der Waals surface area contributed by atoms with E-state index in [9.17, 15) is 9.59 Å². The summed E-state index contributed by atoms with van der Waals surface area (Å²) in [6.07, 6.45) is 4.75. The molecule has 2 heterocycles. The number of aromatic nitrogens is 2. The van der Waals surface area contributed by atoms with Crippen molar-refractivity contribution in [3.63, 3.8) is 0 Å². The highest BCUT2D eigenvalue weighted by Gasteiger charge is 2.19. The lowest BCUT2D eigenvalue weighted by Gasteiger charge is -2.09. The van der Waals surface area contributed by atoms with E-state index in [1.807, 2.05) is 24.3 Å². The van der Waals surface area contributed by atoms with Crippen molar-refractivity contribution in [1.29, 1.82) is 0 Å². The third kappa shape index (κ3) is 5.70. The van der Waals surface area contributed by atoms with Gasteiger partial charge in [-0.2, -0.15) is 11.8 Å². The van der Waals surface area contributed by atoms with Crippen LogP contribution in [0.1, 0.15) is 35.5 Å². The fourth-order valence-corrected chi connectivity index (χ4v) is 5.80. The maximum Gasteiger partial charge on any atom is 0.259 e. The van der Waals surface area contributed by atoms with Crippen LogP contribution in [0.2, 0.25) is 0 Å². The Balaban J connectivity index is 1.24. The molecule has 0 unspecified atom stereocenters. The molecule has 7 nitrogen and oxygen atoms in total. The van der Waals surface area contributed by atoms with E-state index in [0.717, 1.165) is 40.9 Å². The second-order valence-electron chi connectivity index (χ2n) is 7.62. The number of nitrogens with one attached hydrogen (secondary N) is 2. The Kier molecular flexibility index (Phi) is 7.83. The Morgan fingerprint density at radius 3 is 2.84 bits per heavy atom. The van der Waals surface area contributed by atoms with Crippen LogP contribution in [-0.4, -0.2) is 42.0 Å². The number of amides is 1. The third-order valence-corrected chi connectivity index (χ3v) is 7.44. The van der Waals surface area contributed by atoms with Gasteiger partial charge in [0.15, 0.2) is 0 Å². The monoisotopic (exact) mass is 473 g/mol. The summed E-state index contributed by atoms with van der Waals surface area (Å²) in [6.45, 7) is 1.02. The van der Waals surface area contributed by atoms with Crippen LogP contribution >= 0.6 is 23.1 Å². The molecule has 0 atom stereocenters. The van der Waals surface area contributed by atoms with Gasteiger partial charge in [-0.1, -0.05) is 0 Å². The summed E-state index contributed by atoms with van der Waals surface area (Å²) in [7, 11) is 1.63. The van der Waals surface area contributed by atoms with E-state index in [2.05, 4.69) is 15.3 Å². The minimum Gasteiger partial charge on any atom is -0.491 e. The number of methoxy groups -OCH3 is 1. The summed E-state index contributed by atoms with van der Waals surface area (Å²) in [5, 5.41) is 3.68. The second-order valence-corrected chi connectivity index (χ2v) is 9.81. The van der Waals surface area contributed by atoms with E-state index in [1.54, 1.807) is 30.2 Å². The maximum atomic E-state index is 12.6. The van der Waals surface area contributed by atoms with Gasteiger partial charge in [0.05, 0.1) is 17.7 Å². The lowest BCUT2D eigenvalue weighted by molar-refractivity contribution is -0.115. The molecule has 0 fully saturated rings. The molecule has 0 saturated heterocycles. The van der Waals surface area contributed by atoms with E-state index in [4.69, 9.17) is 9.47 Å². The van der Waals surface area contributed by atoms with E-state index in [-0.39, 0.29) is 11.5 Å². The first-order valence-electron chi connectivity index (χ1n) is 10.8. The first kappa shape index (κ1) is 22.8. The van der Waals surface area contributed by atoms with Crippen molar-refractivity contribution in [2.24, 2.45) is 0 Å². The van der Waals surface area contributed by atoms with Gasteiger partial charge in [-0.3, -0.25) is 9.59 Å². The first-order chi connectivity index (χ1) is 15.6. The fourth-order valence-electron chi connectivity index (χ4n) is 3.71. The molecule has 1 aromatic carbocycles. The molecule has 32 heavy (non-hydrogen) atoms. The Hall–Kier alpha value is -2.36. The van der Waals surface area contributed by atoms with Gasteiger partial charge in [0.1, 0.15) is 23.0 Å². The number of rotatable bonds is 10. The molecule has 9 heteroatoms. The molecule has 0 spiro atoms. The average molecular weight is 474 g/mol. The van der Waals surface area contributed by atoms with Crippen LogP contribution in [0.15, 0.2) is 29.1 Å². The molecule has 0 aliphatic heterocycles. The van der Waals surface area contributed by atoms with Gasteiger partial charge < -0.3 is 19.8 Å². The van der Waals surface area contributed by atoms with E-state index >= 15 is 0 Å². The first-order valence-corrected chi connectivity index (χ1v) is 12.7. The number of anilines is 1. The molecule has 4 rings (SSSR count). The van der Waals surface area contributed by atoms with Crippen molar-refractivity contribution in [3.8, 4) is 5.75 Å². The van der Waals surface area contributed by atoms with E-state index in [0.29, 0.717) is 37.0 Å². The van der Waals surface area contributed by atoms with Gasteiger partial charge in [0.2, 0.25) is 5.91 Å². The lowest BCUT2D eigenvalue weighted by atomic mass is 9.97. The lowest BCUT2D eigenvalue weighted by Crippen LogP contribution is -2.13. The van der Waals surface area contributed by atoms with Crippen molar-refractivity contribution >= 4 is 44.9 Å². The number of H-pyrrole nitrogens is 1. The quantitative estimate of drug-likeness (QED) is 0.430. The van der Waals surface area contributed by atoms with E-state index in [1.165, 1.54) is 16.9 Å². The number of hydrogen-bond donors (Lipinski definition) is 2. The zero-order valence-electron chi connectivity index (χ0n) is 18.1. The Labute approximate surface area is 194 Å². The van der Waals surface area contributed by atoms with Crippen LogP contribution in [0.25, 0.3) is 10.2 Å².